The lowest BCUT2D eigenvalue weighted by molar-refractivity contribution is 0.115. The normalized spacial score (nSPS) is 11.9. The molecule has 0 spiro atoms. The zero-order valence-electron chi connectivity index (χ0n) is 10.7. The first-order valence-electron chi connectivity index (χ1n) is 6.20. The molecule has 0 fully saturated rings. The van der Waals surface area contributed by atoms with E-state index in [4.69, 9.17) is 4.74 Å². The minimum atomic E-state index is -0.724. The number of rotatable bonds is 6. The molecule has 0 aliphatic carbocycles. The highest BCUT2D eigenvalue weighted by atomic mass is 79.9. The van der Waals surface area contributed by atoms with Crippen molar-refractivity contribution in [3.63, 3.8) is 0 Å². The Morgan fingerprint density at radius 2 is 1.85 bits per heavy atom. The first kappa shape index (κ1) is 14.8. The minimum Gasteiger partial charge on any atom is -0.488 e. The van der Waals surface area contributed by atoms with E-state index >= 15 is 0 Å². The van der Waals surface area contributed by atoms with Gasteiger partial charge in [0.05, 0.1) is 0 Å². The smallest absolute Gasteiger partial charge is 0.165 e. The van der Waals surface area contributed by atoms with E-state index in [1.54, 1.807) is 12.1 Å². The Labute approximate surface area is 125 Å². The van der Waals surface area contributed by atoms with Crippen LogP contribution >= 0.6 is 15.9 Å². The molecular weight excluding hydrogens is 325 g/mol. The highest BCUT2D eigenvalue weighted by molar-refractivity contribution is 9.10. The predicted octanol–water partition coefficient (Wildman–Crippen LogP) is 3.44. The van der Waals surface area contributed by atoms with Gasteiger partial charge in [-0.25, -0.2) is 4.39 Å². The van der Waals surface area contributed by atoms with Gasteiger partial charge in [-0.05, 0) is 36.4 Å². The van der Waals surface area contributed by atoms with Crippen LogP contribution < -0.4 is 10.1 Å². The first-order valence-corrected chi connectivity index (χ1v) is 6.99. The molecule has 2 aromatic rings. The van der Waals surface area contributed by atoms with E-state index in [0.29, 0.717) is 6.54 Å². The number of hydrogen-bond donors (Lipinski definition) is 2. The fourth-order valence-electron chi connectivity index (χ4n) is 1.61. The van der Waals surface area contributed by atoms with Gasteiger partial charge in [0.2, 0.25) is 0 Å². The fraction of sp³-hybridized carbons (Fsp3) is 0.200. The summed E-state index contributed by atoms with van der Waals surface area (Å²) < 4.78 is 19.5. The molecule has 2 N–H and O–H groups in total. The second kappa shape index (κ2) is 7.26. The van der Waals surface area contributed by atoms with Gasteiger partial charge in [-0.3, -0.25) is 0 Å². The van der Waals surface area contributed by atoms with Crippen molar-refractivity contribution in [2.45, 2.75) is 6.10 Å². The Morgan fingerprint density at radius 1 is 1.15 bits per heavy atom. The highest BCUT2D eigenvalue weighted by Gasteiger charge is 2.07. The molecule has 0 saturated heterocycles. The second-order valence-electron chi connectivity index (χ2n) is 4.28. The third kappa shape index (κ3) is 4.51. The van der Waals surface area contributed by atoms with Gasteiger partial charge in [0.15, 0.2) is 11.6 Å². The monoisotopic (exact) mass is 339 g/mol. The molecule has 1 unspecified atom stereocenters. The van der Waals surface area contributed by atoms with Gasteiger partial charge < -0.3 is 15.2 Å². The molecule has 0 aromatic heterocycles. The first-order chi connectivity index (χ1) is 9.65. The van der Waals surface area contributed by atoms with Crippen molar-refractivity contribution < 1.29 is 14.2 Å². The van der Waals surface area contributed by atoms with Crippen LogP contribution in [0.1, 0.15) is 0 Å². The molecule has 106 valence electrons. The van der Waals surface area contributed by atoms with Crippen LogP contribution in [0.15, 0.2) is 53.0 Å². The van der Waals surface area contributed by atoms with Crippen LogP contribution in [-0.4, -0.2) is 24.4 Å². The molecule has 1 atom stereocenters. The van der Waals surface area contributed by atoms with Crippen molar-refractivity contribution >= 4 is 21.6 Å². The largest absolute Gasteiger partial charge is 0.488 e. The molecule has 2 aromatic carbocycles. The number of halogens is 2. The van der Waals surface area contributed by atoms with Crippen LogP contribution in [0.5, 0.6) is 5.75 Å². The minimum absolute atomic E-state index is 0.0322. The molecule has 5 heteroatoms. The van der Waals surface area contributed by atoms with Crippen molar-refractivity contribution in [2.75, 3.05) is 18.5 Å². The number of para-hydroxylation sites is 1. The van der Waals surface area contributed by atoms with Crippen molar-refractivity contribution in [3.8, 4) is 5.75 Å². The summed E-state index contributed by atoms with van der Waals surface area (Å²) in [5.41, 5.74) is 0.901. The standard InChI is InChI=1S/C15H15BrFNO2/c16-11-5-7-12(8-6-11)18-9-13(19)10-20-15-4-2-1-3-14(15)17/h1-8,13,18-19H,9-10H2. The molecule has 3 nitrogen and oxygen atoms in total. The average Bonchev–Trinajstić information content (AvgIpc) is 2.46. The number of nitrogens with one attached hydrogen (secondary N) is 1. The Morgan fingerprint density at radius 3 is 2.55 bits per heavy atom. The van der Waals surface area contributed by atoms with Crippen LogP contribution in [-0.2, 0) is 0 Å². The molecule has 0 heterocycles. The SMILES string of the molecule is OC(CNc1ccc(Br)cc1)COc1ccccc1F. The zero-order chi connectivity index (χ0) is 14.4. The van der Waals surface area contributed by atoms with Crippen molar-refractivity contribution in [1.29, 1.82) is 0 Å². The van der Waals surface area contributed by atoms with E-state index in [0.717, 1.165) is 10.2 Å². The quantitative estimate of drug-likeness (QED) is 0.847. The fourth-order valence-corrected chi connectivity index (χ4v) is 1.87. The van der Waals surface area contributed by atoms with E-state index in [1.807, 2.05) is 24.3 Å². The van der Waals surface area contributed by atoms with Crippen molar-refractivity contribution in [3.05, 3.63) is 58.8 Å². The maximum atomic E-state index is 13.3. The Hall–Kier alpha value is -1.59. The van der Waals surface area contributed by atoms with Crippen LogP contribution in [0.3, 0.4) is 0 Å². The number of aliphatic hydroxyl groups is 1. The van der Waals surface area contributed by atoms with E-state index in [1.165, 1.54) is 12.1 Å². The summed E-state index contributed by atoms with van der Waals surface area (Å²) in [5.74, 6) is -0.282. The maximum Gasteiger partial charge on any atom is 0.165 e. The average molecular weight is 340 g/mol. The number of benzene rings is 2. The van der Waals surface area contributed by atoms with Crippen LogP contribution in [0.2, 0.25) is 0 Å². The van der Waals surface area contributed by atoms with E-state index < -0.39 is 11.9 Å². The van der Waals surface area contributed by atoms with Crippen LogP contribution in [0.4, 0.5) is 10.1 Å². The summed E-state index contributed by atoms with van der Waals surface area (Å²) in [6, 6.07) is 13.7. The van der Waals surface area contributed by atoms with Crippen LogP contribution in [0, 0.1) is 5.82 Å². The van der Waals surface area contributed by atoms with E-state index in [9.17, 15) is 9.50 Å². The van der Waals surface area contributed by atoms with Gasteiger partial charge in [-0.1, -0.05) is 28.1 Å². The summed E-state index contributed by atoms with van der Waals surface area (Å²) in [7, 11) is 0. The third-order valence-electron chi connectivity index (χ3n) is 2.65. The Kier molecular flexibility index (Phi) is 5.38. The maximum absolute atomic E-state index is 13.3. The number of anilines is 1. The lowest BCUT2D eigenvalue weighted by Gasteiger charge is -2.14. The van der Waals surface area contributed by atoms with Gasteiger partial charge in [0, 0.05) is 16.7 Å². The topological polar surface area (TPSA) is 41.5 Å². The summed E-state index contributed by atoms with van der Waals surface area (Å²) in [6.45, 7) is 0.362. The molecular formula is C15H15BrFNO2. The summed E-state index contributed by atoms with van der Waals surface area (Å²) in [6.07, 6.45) is -0.724. The van der Waals surface area contributed by atoms with Gasteiger partial charge in [0.25, 0.3) is 0 Å². The number of ether oxygens (including phenoxy) is 1. The molecule has 0 aliphatic heterocycles. The van der Waals surface area contributed by atoms with E-state index in [-0.39, 0.29) is 12.4 Å². The summed E-state index contributed by atoms with van der Waals surface area (Å²) >= 11 is 3.35. The predicted molar refractivity (Wildman–Crippen MR) is 80.5 cm³/mol. The molecule has 20 heavy (non-hydrogen) atoms. The number of hydrogen-bond acceptors (Lipinski definition) is 3. The lowest BCUT2D eigenvalue weighted by Crippen LogP contribution is -2.26. The van der Waals surface area contributed by atoms with E-state index in [2.05, 4.69) is 21.2 Å². The van der Waals surface area contributed by atoms with Crippen LogP contribution in [0.25, 0.3) is 0 Å². The summed E-state index contributed by atoms with van der Waals surface area (Å²) in [4.78, 5) is 0. The molecule has 0 amide bonds. The molecule has 0 radical (unpaired) electrons. The molecule has 0 bridgehead atoms. The van der Waals surface area contributed by atoms with Gasteiger partial charge >= 0.3 is 0 Å². The number of aliphatic hydroxyl groups excluding tert-OH is 1. The molecule has 0 aliphatic rings. The van der Waals surface area contributed by atoms with Crippen molar-refractivity contribution in [2.24, 2.45) is 0 Å². The van der Waals surface area contributed by atoms with Gasteiger partial charge in [-0.15, -0.1) is 0 Å². The summed E-state index contributed by atoms with van der Waals surface area (Å²) in [5, 5.41) is 12.9. The zero-order valence-corrected chi connectivity index (χ0v) is 12.3. The van der Waals surface area contributed by atoms with Crippen molar-refractivity contribution in [1.82, 2.24) is 0 Å². The Bertz CT molecular complexity index is 548. The lowest BCUT2D eigenvalue weighted by atomic mass is 10.3. The molecule has 2 rings (SSSR count). The second-order valence-corrected chi connectivity index (χ2v) is 5.20. The van der Waals surface area contributed by atoms with Gasteiger partial charge in [0.1, 0.15) is 12.7 Å². The highest BCUT2D eigenvalue weighted by Crippen LogP contribution is 2.16. The third-order valence-corrected chi connectivity index (χ3v) is 3.18. The van der Waals surface area contributed by atoms with Gasteiger partial charge in [-0.2, -0.15) is 0 Å². The molecule has 0 saturated carbocycles. The Balaban J connectivity index is 1.77.